The zero-order chi connectivity index (χ0) is 14.7. The molecule has 0 fully saturated rings. The molecular formula is C12H11BrN4O3. The minimum Gasteiger partial charge on any atom is -0.433 e. The van der Waals surface area contributed by atoms with E-state index in [1.165, 1.54) is 12.1 Å². The van der Waals surface area contributed by atoms with Crippen LogP contribution in [0.25, 0.3) is 0 Å². The highest BCUT2D eigenvalue weighted by Gasteiger charge is 2.19. The van der Waals surface area contributed by atoms with Crippen molar-refractivity contribution in [2.24, 2.45) is 5.84 Å². The standard InChI is InChI=1S/C12H11BrN4O3/c1-7-6-8(13)2-4-10(7)20-12-9(17(18)19)3-5-11(15-12)16-14/h2-6H,14H2,1H3,(H,15,16). The van der Waals surface area contributed by atoms with Crippen molar-refractivity contribution in [3.8, 4) is 11.6 Å². The third-order valence-corrected chi connectivity index (χ3v) is 3.02. The lowest BCUT2D eigenvalue weighted by atomic mass is 10.2. The number of pyridine rings is 1. The lowest BCUT2D eigenvalue weighted by Gasteiger charge is -2.09. The predicted molar refractivity (Wildman–Crippen MR) is 77.7 cm³/mol. The lowest BCUT2D eigenvalue weighted by Crippen LogP contribution is -2.09. The Labute approximate surface area is 123 Å². The van der Waals surface area contributed by atoms with Gasteiger partial charge in [-0.05, 0) is 36.8 Å². The van der Waals surface area contributed by atoms with Crippen LogP contribution < -0.4 is 16.0 Å². The minimum atomic E-state index is -0.559. The Hall–Kier alpha value is -2.19. The number of anilines is 1. The molecule has 0 aliphatic carbocycles. The quantitative estimate of drug-likeness (QED) is 0.504. The van der Waals surface area contributed by atoms with Gasteiger partial charge in [0.1, 0.15) is 11.6 Å². The summed E-state index contributed by atoms with van der Waals surface area (Å²) in [6.07, 6.45) is 0. The number of rotatable bonds is 4. The number of nitrogens with one attached hydrogen (secondary N) is 1. The molecule has 0 spiro atoms. The van der Waals surface area contributed by atoms with Gasteiger partial charge in [0, 0.05) is 10.5 Å². The summed E-state index contributed by atoms with van der Waals surface area (Å²) in [5, 5.41) is 11.0. The summed E-state index contributed by atoms with van der Waals surface area (Å²) in [6, 6.07) is 8.00. The van der Waals surface area contributed by atoms with Crippen LogP contribution in [-0.2, 0) is 0 Å². The molecule has 2 rings (SSSR count). The molecule has 0 unspecified atom stereocenters. The Kier molecular flexibility index (Phi) is 4.16. The number of nitro groups is 1. The number of nitrogens with zero attached hydrogens (tertiary/aromatic N) is 2. The highest BCUT2D eigenvalue weighted by Crippen LogP contribution is 2.32. The van der Waals surface area contributed by atoms with Crippen molar-refractivity contribution in [3.05, 3.63) is 50.5 Å². The van der Waals surface area contributed by atoms with E-state index in [1.807, 2.05) is 13.0 Å². The van der Waals surface area contributed by atoms with E-state index < -0.39 is 4.92 Å². The number of nitrogens with two attached hydrogens (primary N) is 1. The van der Waals surface area contributed by atoms with E-state index in [-0.39, 0.29) is 17.4 Å². The fraction of sp³-hybridized carbons (Fsp3) is 0.0833. The normalized spacial score (nSPS) is 10.2. The molecule has 0 aliphatic heterocycles. The Morgan fingerprint density at radius 1 is 1.40 bits per heavy atom. The summed E-state index contributed by atoms with van der Waals surface area (Å²) in [7, 11) is 0. The van der Waals surface area contributed by atoms with Gasteiger partial charge in [-0.15, -0.1) is 0 Å². The van der Waals surface area contributed by atoms with E-state index in [4.69, 9.17) is 10.6 Å². The van der Waals surface area contributed by atoms with Crippen molar-refractivity contribution in [3.63, 3.8) is 0 Å². The van der Waals surface area contributed by atoms with E-state index in [2.05, 4.69) is 26.3 Å². The van der Waals surface area contributed by atoms with Gasteiger partial charge in [0.2, 0.25) is 0 Å². The fourth-order valence-electron chi connectivity index (χ4n) is 1.56. The lowest BCUT2D eigenvalue weighted by molar-refractivity contribution is -0.386. The molecule has 7 nitrogen and oxygen atoms in total. The Morgan fingerprint density at radius 3 is 2.75 bits per heavy atom. The second-order valence-corrected chi connectivity index (χ2v) is 4.85. The zero-order valence-electron chi connectivity index (χ0n) is 10.5. The molecule has 0 atom stereocenters. The van der Waals surface area contributed by atoms with Crippen molar-refractivity contribution in [2.45, 2.75) is 6.92 Å². The predicted octanol–water partition coefficient (Wildman–Crippen LogP) is 3.14. The molecule has 1 heterocycles. The average Bonchev–Trinajstić information content (AvgIpc) is 2.41. The Bertz CT molecular complexity index is 663. The van der Waals surface area contributed by atoms with Crippen molar-refractivity contribution in [1.29, 1.82) is 0 Å². The van der Waals surface area contributed by atoms with Gasteiger partial charge in [-0.25, -0.2) is 5.84 Å². The molecule has 1 aromatic heterocycles. The second kappa shape index (κ2) is 5.85. The maximum atomic E-state index is 11.0. The third kappa shape index (κ3) is 3.03. The van der Waals surface area contributed by atoms with Gasteiger partial charge < -0.3 is 10.2 Å². The first-order chi connectivity index (χ1) is 9.51. The molecule has 0 saturated carbocycles. The van der Waals surface area contributed by atoms with E-state index >= 15 is 0 Å². The van der Waals surface area contributed by atoms with Crippen LogP contribution in [0, 0.1) is 17.0 Å². The maximum absolute atomic E-state index is 11.0. The molecule has 0 amide bonds. The van der Waals surface area contributed by atoms with Crippen LogP contribution in [0.15, 0.2) is 34.8 Å². The molecule has 0 aliphatic rings. The summed E-state index contributed by atoms with van der Waals surface area (Å²) < 4.78 is 6.42. The van der Waals surface area contributed by atoms with E-state index in [9.17, 15) is 10.1 Å². The van der Waals surface area contributed by atoms with Gasteiger partial charge in [-0.2, -0.15) is 4.98 Å². The molecule has 0 saturated heterocycles. The molecule has 0 bridgehead atoms. The average molecular weight is 339 g/mol. The first kappa shape index (κ1) is 14.2. The molecule has 8 heteroatoms. The van der Waals surface area contributed by atoms with Crippen molar-refractivity contribution >= 4 is 27.4 Å². The third-order valence-electron chi connectivity index (χ3n) is 2.53. The number of aromatic nitrogens is 1. The number of benzene rings is 1. The van der Waals surface area contributed by atoms with Crippen LogP contribution in [0.4, 0.5) is 11.5 Å². The van der Waals surface area contributed by atoms with Crippen LogP contribution >= 0.6 is 15.9 Å². The SMILES string of the molecule is Cc1cc(Br)ccc1Oc1nc(NN)ccc1[N+](=O)[O-]. The van der Waals surface area contributed by atoms with E-state index in [0.29, 0.717) is 5.75 Å². The molecular weight excluding hydrogens is 328 g/mol. The number of hydrazine groups is 1. The Balaban J connectivity index is 2.43. The summed E-state index contributed by atoms with van der Waals surface area (Å²) in [6.45, 7) is 1.83. The van der Waals surface area contributed by atoms with Crippen LogP contribution in [0.5, 0.6) is 11.6 Å². The summed E-state index contributed by atoms with van der Waals surface area (Å²) >= 11 is 3.34. The molecule has 2 aromatic rings. The minimum absolute atomic E-state index is 0.115. The van der Waals surface area contributed by atoms with Gasteiger partial charge in [-0.3, -0.25) is 10.1 Å². The molecule has 1 aromatic carbocycles. The van der Waals surface area contributed by atoms with Crippen LogP contribution in [0.1, 0.15) is 5.56 Å². The van der Waals surface area contributed by atoms with Gasteiger partial charge in [0.15, 0.2) is 0 Å². The van der Waals surface area contributed by atoms with Crippen molar-refractivity contribution in [1.82, 2.24) is 4.98 Å². The summed E-state index contributed by atoms with van der Waals surface area (Å²) in [4.78, 5) is 14.4. The number of aryl methyl sites for hydroxylation is 1. The molecule has 20 heavy (non-hydrogen) atoms. The molecule has 104 valence electrons. The highest BCUT2D eigenvalue weighted by atomic mass is 79.9. The van der Waals surface area contributed by atoms with E-state index in [1.54, 1.807) is 12.1 Å². The van der Waals surface area contributed by atoms with Gasteiger partial charge >= 0.3 is 11.6 Å². The zero-order valence-corrected chi connectivity index (χ0v) is 12.0. The van der Waals surface area contributed by atoms with Crippen LogP contribution in [0.3, 0.4) is 0 Å². The second-order valence-electron chi connectivity index (χ2n) is 3.93. The number of hydrogen-bond donors (Lipinski definition) is 2. The number of ether oxygens (including phenoxy) is 1. The summed E-state index contributed by atoms with van der Waals surface area (Å²) in [5.74, 6) is 5.89. The summed E-state index contributed by atoms with van der Waals surface area (Å²) in [5.41, 5.74) is 2.91. The van der Waals surface area contributed by atoms with Gasteiger partial charge in [-0.1, -0.05) is 15.9 Å². The maximum Gasteiger partial charge on any atom is 0.331 e. The number of hydrogen-bond acceptors (Lipinski definition) is 6. The Morgan fingerprint density at radius 2 is 2.15 bits per heavy atom. The number of halogens is 1. The number of nitrogen functional groups attached to an aromatic ring is 1. The van der Waals surface area contributed by atoms with Gasteiger partial charge in [0.05, 0.1) is 4.92 Å². The topological polar surface area (TPSA) is 103 Å². The first-order valence-corrected chi connectivity index (χ1v) is 6.36. The monoisotopic (exact) mass is 338 g/mol. The molecule has 3 N–H and O–H groups in total. The van der Waals surface area contributed by atoms with Crippen molar-refractivity contribution < 1.29 is 9.66 Å². The fourth-order valence-corrected chi connectivity index (χ4v) is 2.03. The van der Waals surface area contributed by atoms with Crippen LogP contribution in [-0.4, -0.2) is 9.91 Å². The smallest absolute Gasteiger partial charge is 0.331 e. The van der Waals surface area contributed by atoms with Crippen LogP contribution in [0.2, 0.25) is 0 Å². The van der Waals surface area contributed by atoms with Gasteiger partial charge in [0.25, 0.3) is 0 Å². The molecule has 0 radical (unpaired) electrons. The highest BCUT2D eigenvalue weighted by molar-refractivity contribution is 9.10. The largest absolute Gasteiger partial charge is 0.433 e. The first-order valence-electron chi connectivity index (χ1n) is 5.57. The van der Waals surface area contributed by atoms with E-state index in [0.717, 1.165) is 10.0 Å². The van der Waals surface area contributed by atoms with Crippen molar-refractivity contribution in [2.75, 3.05) is 5.43 Å².